The van der Waals surface area contributed by atoms with E-state index in [1.165, 1.54) is 22.9 Å². The molecule has 0 unspecified atom stereocenters. The number of aromatic carboxylic acids is 1. The van der Waals surface area contributed by atoms with Crippen molar-refractivity contribution in [3.63, 3.8) is 0 Å². The van der Waals surface area contributed by atoms with Crippen molar-refractivity contribution in [1.82, 2.24) is 4.57 Å². The fourth-order valence-electron chi connectivity index (χ4n) is 2.27. The highest BCUT2D eigenvalue weighted by Crippen LogP contribution is 2.32. The molecule has 0 atom stereocenters. The number of carboxylic acid groups (broad SMARTS) is 1. The van der Waals surface area contributed by atoms with E-state index in [0.29, 0.717) is 11.1 Å². The van der Waals surface area contributed by atoms with Gasteiger partial charge in [-0.2, -0.15) is 0 Å². The molecule has 0 spiro atoms. The zero-order chi connectivity index (χ0) is 19.2. The van der Waals surface area contributed by atoms with Gasteiger partial charge in [-0.05, 0) is 45.4 Å². The van der Waals surface area contributed by atoms with Crippen molar-refractivity contribution in [2.24, 2.45) is 0 Å². The Kier molecular flexibility index (Phi) is 2.95. The number of aromatic nitrogens is 1. The van der Waals surface area contributed by atoms with Crippen LogP contribution in [0, 0.1) is 6.92 Å². The number of fused-ring (bicyclic) bond motifs is 1. The van der Waals surface area contributed by atoms with Gasteiger partial charge in [-0.25, -0.2) is 9.59 Å². The number of ether oxygens (including phenoxy) is 2. The number of benzene rings is 1. The van der Waals surface area contributed by atoms with Crippen LogP contribution in [-0.4, -0.2) is 34.4 Å². The summed E-state index contributed by atoms with van der Waals surface area (Å²) in [6, 6.07) is 2.71. The summed E-state index contributed by atoms with van der Waals surface area (Å²) in [5.41, 5.74) is -0.236. The minimum Gasteiger partial charge on any atom is -0.496 e. The topological polar surface area (TPSA) is 77.8 Å². The molecule has 0 amide bonds. The maximum atomic E-state index is 12.4. The van der Waals surface area contributed by atoms with Crippen LogP contribution in [0.4, 0.5) is 4.79 Å². The number of carbonyl (C=O) groups excluding carboxylic acids is 1. The summed E-state index contributed by atoms with van der Waals surface area (Å²) < 4.78 is 32.9. The van der Waals surface area contributed by atoms with Crippen LogP contribution < -0.4 is 4.74 Å². The molecule has 0 aliphatic rings. The molecule has 1 aromatic carbocycles. The Morgan fingerprint density at radius 3 is 2.59 bits per heavy atom. The first-order valence-corrected chi connectivity index (χ1v) is 6.60. The Labute approximate surface area is 132 Å². The average Bonchev–Trinajstić information content (AvgIpc) is 2.79. The molecule has 2 aromatic rings. The Hall–Kier alpha value is -2.50. The van der Waals surface area contributed by atoms with E-state index >= 15 is 0 Å². The fraction of sp³-hybridized carbons (Fsp3) is 0.375. The summed E-state index contributed by atoms with van der Waals surface area (Å²) in [7, 11) is -2.79. The van der Waals surface area contributed by atoms with Crippen LogP contribution in [0.15, 0.2) is 18.3 Å². The lowest BCUT2D eigenvalue weighted by molar-refractivity contribution is 0.0543. The van der Waals surface area contributed by atoms with E-state index in [1.54, 1.807) is 27.7 Å². The lowest BCUT2D eigenvalue weighted by Crippen LogP contribution is -2.26. The first-order chi connectivity index (χ1) is 11.3. The van der Waals surface area contributed by atoms with Gasteiger partial charge >= 0.3 is 12.1 Å². The number of carboxylic acids is 1. The molecular formula is C16H19NO5. The van der Waals surface area contributed by atoms with Gasteiger partial charge in [0.05, 0.1) is 16.7 Å². The van der Waals surface area contributed by atoms with Gasteiger partial charge in [-0.3, -0.25) is 4.57 Å². The van der Waals surface area contributed by atoms with E-state index in [-0.39, 0.29) is 16.7 Å². The maximum absolute atomic E-state index is 12.4. The zero-order valence-corrected chi connectivity index (χ0v) is 12.8. The Balaban J connectivity index is 2.68. The molecule has 6 heteroatoms. The predicted octanol–water partition coefficient (Wildman–Crippen LogP) is 3.44. The second kappa shape index (κ2) is 5.36. The van der Waals surface area contributed by atoms with Crippen LogP contribution in [0.1, 0.15) is 40.8 Å². The number of nitrogens with zero attached hydrogens (tertiary/aromatic N) is 1. The normalized spacial score (nSPS) is 14.1. The smallest absolute Gasteiger partial charge is 0.419 e. The molecule has 0 aliphatic heterocycles. The number of rotatable bonds is 2. The number of hydrogen-bond acceptors (Lipinski definition) is 4. The largest absolute Gasteiger partial charge is 0.496 e. The van der Waals surface area contributed by atoms with Crippen LogP contribution in [0.25, 0.3) is 10.9 Å². The van der Waals surface area contributed by atoms with Gasteiger partial charge in [0.2, 0.25) is 0 Å². The van der Waals surface area contributed by atoms with Crippen molar-refractivity contribution in [3.8, 4) is 5.75 Å². The minimum absolute atomic E-state index is 0.192. The van der Waals surface area contributed by atoms with Gasteiger partial charge in [-0.1, -0.05) is 0 Å². The predicted molar refractivity (Wildman–Crippen MR) is 81.8 cm³/mol. The van der Waals surface area contributed by atoms with Crippen LogP contribution in [0.3, 0.4) is 0 Å². The monoisotopic (exact) mass is 308 g/mol. The van der Waals surface area contributed by atoms with E-state index in [2.05, 4.69) is 0 Å². The third-order valence-electron chi connectivity index (χ3n) is 3.04. The second-order valence-corrected chi connectivity index (χ2v) is 5.90. The van der Waals surface area contributed by atoms with Crippen molar-refractivity contribution in [1.29, 1.82) is 0 Å². The highest BCUT2D eigenvalue weighted by molar-refractivity contribution is 6.08. The van der Waals surface area contributed by atoms with Crippen LogP contribution >= 0.6 is 0 Å². The van der Waals surface area contributed by atoms with Crippen LogP contribution in [0.5, 0.6) is 5.75 Å². The molecule has 1 N–H and O–H groups in total. The summed E-state index contributed by atoms with van der Waals surface area (Å²) >= 11 is 0. The third kappa shape index (κ3) is 2.77. The molecule has 0 fully saturated rings. The second-order valence-electron chi connectivity index (χ2n) is 5.90. The number of aryl methyl sites for hydroxylation is 1. The molecule has 0 saturated carbocycles. The van der Waals surface area contributed by atoms with E-state index in [1.807, 2.05) is 0 Å². The van der Waals surface area contributed by atoms with Crippen molar-refractivity contribution in [3.05, 3.63) is 29.5 Å². The standard InChI is InChI=1S/C16H19NO5/c1-9-8-11(21-5)12(14(18)19)10-6-7-17(13(9)10)15(20)22-16(2,3)4/h6-8H,1-5H3,(H,18,19)/i5D3. The van der Waals surface area contributed by atoms with Gasteiger partial charge in [0.25, 0.3) is 0 Å². The maximum Gasteiger partial charge on any atom is 0.419 e. The Bertz CT molecular complexity index is 846. The molecule has 1 heterocycles. The summed E-state index contributed by atoms with van der Waals surface area (Å²) in [6.07, 6.45) is 0.725. The lowest BCUT2D eigenvalue weighted by Gasteiger charge is -2.20. The molecule has 0 aliphatic carbocycles. The lowest BCUT2D eigenvalue weighted by atomic mass is 10.1. The molecular weight excluding hydrogens is 286 g/mol. The highest BCUT2D eigenvalue weighted by Gasteiger charge is 2.24. The molecule has 1 aromatic heterocycles. The van der Waals surface area contributed by atoms with Gasteiger partial charge in [0, 0.05) is 11.6 Å². The van der Waals surface area contributed by atoms with Crippen LogP contribution in [-0.2, 0) is 4.74 Å². The SMILES string of the molecule is [2H]C([2H])([2H])Oc1cc(C)c2c(ccn2C(=O)OC(C)(C)C)c1C(=O)O. The van der Waals surface area contributed by atoms with Gasteiger partial charge < -0.3 is 14.6 Å². The van der Waals surface area contributed by atoms with Crippen molar-refractivity contribution < 1.29 is 28.3 Å². The first-order valence-electron chi connectivity index (χ1n) is 8.10. The van der Waals surface area contributed by atoms with E-state index in [0.717, 1.165) is 0 Å². The third-order valence-corrected chi connectivity index (χ3v) is 3.04. The molecule has 118 valence electrons. The van der Waals surface area contributed by atoms with Gasteiger partial charge in [0.1, 0.15) is 16.9 Å². The quantitative estimate of drug-likeness (QED) is 0.919. The molecule has 0 radical (unpaired) electrons. The van der Waals surface area contributed by atoms with Gasteiger partial charge in [0.15, 0.2) is 0 Å². The highest BCUT2D eigenvalue weighted by atomic mass is 16.6. The zero-order valence-electron chi connectivity index (χ0n) is 15.8. The number of hydrogen-bond donors (Lipinski definition) is 1. The average molecular weight is 308 g/mol. The molecule has 0 bridgehead atoms. The van der Waals surface area contributed by atoms with Gasteiger partial charge in [-0.15, -0.1) is 0 Å². The summed E-state index contributed by atoms with van der Waals surface area (Å²) in [6.45, 7) is 6.78. The van der Waals surface area contributed by atoms with E-state index in [9.17, 15) is 14.7 Å². The minimum atomic E-state index is -2.79. The molecule has 6 nitrogen and oxygen atoms in total. The van der Waals surface area contributed by atoms with Crippen LogP contribution in [0.2, 0.25) is 0 Å². The summed E-state index contributed by atoms with van der Waals surface area (Å²) in [5, 5.41) is 9.69. The molecule has 22 heavy (non-hydrogen) atoms. The number of carbonyl (C=O) groups is 2. The Morgan fingerprint density at radius 1 is 1.36 bits per heavy atom. The summed E-state index contributed by atoms with van der Waals surface area (Å²) in [5.74, 6) is -1.63. The summed E-state index contributed by atoms with van der Waals surface area (Å²) in [4.78, 5) is 24.0. The first kappa shape index (κ1) is 12.1. The van der Waals surface area contributed by atoms with E-state index in [4.69, 9.17) is 13.6 Å². The van der Waals surface area contributed by atoms with Crippen molar-refractivity contribution in [2.45, 2.75) is 33.3 Å². The Morgan fingerprint density at radius 2 is 2.05 bits per heavy atom. The van der Waals surface area contributed by atoms with Crippen molar-refractivity contribution in [2.75, 3.05) is 7.04 Å². The number of methoxy groups -OCH3 is 1. The molecule has 2 rings (SSSR count). The van der Waals surface area contributed by atoms with Crippen molar-refractivity contribution >= 4 is 23.0 Å². The fourth-order valence-corrected chi connectivity index (χ4v) is 2.27. The molecule has 0 saturated heterocycles. The van der Waals surface area contributed by atoms with E-state index < -0.39 is 24.7 Å².